The van der Waals surface area contributed by atoms with E-state index in [1.165, 1.54) is 4.88 Å². The molecule has 0 bridgehead atoms. The molecule has 5 heteroatoms. The number of hydrogen-bond donors (Lipinski definition) is 0. The molecule has 0 amide bonds. The summed E-state index contributed by atoms with van der Waals surface area (Å²) < 4.78 is 5.47. The number of rotatable bonds is 7. The topological polar surface area (TPSA) is 42.4 Å². The zero-order valence-corrected chi connectivity index (χ0v) is 18.0. The summed E-state index contributed by atoms with van der Waals surface area (Å²) >= 11 is 1.73. The van der Waals surface area contributed by atoms with Crippen LogP contribution < -0.4 is 0 Å². The molecule has 4 aromatic rings. The molecule has 0 fully saturated rings. The highest BCUT2D eigenvalue weighted by Crippen LogP contribution is 2.34. The lowest BCUT2D eigenvalue weighted by Crippen LogP contribution is -2.21. The number of ether oxygens (including phenoxy) is 1. The van der Waals surface area contributed by atoms with Crippen LogP contribution in [0.15, 0.2) is 72.1 Å². The molecule has 0 aliphatic rings. The molecule has 0 atom stereocenters. The van der Waals surface area contributed by atoms with Crippen molar-refractivity contribution < 1.29 is 9.53 Å². The Bertz CT molecular complexity index is 1140. The van der Waals surface area contributed by atoms with Crippen LogP contribution in [0.1, 0.15) is 27.9 Å². The number of carbonyl (C=O) groups is 1. The predicted molar refractivity (Wildman–Crippen MR) is 123 cm³/mol. The van der Waals surface area contributed by atoms with Crippen molar-refractivity contribution in [2.24, 2.45) is 0 Å². The van der Waals surface area contributed by atoms with Gasteiger partial charge in [-0.25, -0.2) is 4.79 Å². The molecule has 30 heavy (non-hydrogen) atoms. The van der Waals surface area contributed by atoms with Crippen LogP contribution in [0.2, 0.25) is 0 Å². The van der Waals surface area contributed by atoms with Crippen molar-refractivity contribution >= 4 is 28.2 Å². The molecule has 2 heterocycles. The molecule has 0 spiro atoms. The van der Waals surface area contributed by atoms with Gasteiger partial charge >= 0.3 is 5.97 Å². The summed E-state index contributed by atoms with van der Waals surface area (Å²) in [6.45, 7) is 3.51. The lowest BCUT2D eigenvalue weighted by atomic mass is 9.94. The largest absolute Gasteiger partial charge is 0.462 e. The molecule has 4 nitrogen and oxygen atoms in total. The molecule has 0 aliphatic heterocycles. The third-order valence-electron chi connectivity index (χ3n) is 4.93. The van der Waals surface area contributed by atoms with Gasteiger partial charge in [0.2, 0.25) is 0 Å². The highest BCUT2D eigenvalue weighted by atomic mass is 32.1. The van der Waals surface area contributed by atoms with Crippen LogP contribution in [0.5, 0.6) is 0 Å². The van der Waals surface area contributed by atoms with E-state index in [2.05, 4.69) is 22.4 Å². The van der Waals surface area contributed by atoms with Gasteiger partial charge in [0.15, 0.2) is 0 Å². The van der Waals surface area contributed by atoms with Gasteiger partial charge in [-0.3, -0.25) is 9.88 Å². The monoisotopic (exact) mass is 416 g/mol. The SMILES string of the molecule is CCOC(=O)c1c(CN(C)Cc2cccs2)nc2ccccc2c1-c1ccccc1. The molecule has 4 rings (SSSR count). The smallest absolute Gasteiger partial charge is 0.340 e. The Balaban J connectivity index is 1.88. The third-order valence-corrected chi connectivity index (χ3v) is 5.80. The normalized spacial score (nSPS) is 11.2. The van der Waals surface area contributed by atoms with Crippen molar-refractivity contribution in [3.8, 4) is 11.1 Å². The van der Waals surface area contributed by atoms with Gasteiger partial charge in [-0.2, -0.15) is 0 Å². The molecule has 0 N–H and O–H groups in total. The Kier molecular flexibility index (Phi) is 6.21. The average molecular weight is 417 g/mol. The van der Waals surface area contributed by atoms with E-state index >= 15 is 0 Å². The fourth-order valence-electron chi connectivity index (χ4n) is 3.69. The summed E-state index contributed by atoms with van der Waals surface area (Å²) in [4.78, 5) is 21.5. The fourth-order valence-corrected chi connectivity index (χ4v) is 4.47. The van der Waals surface area contributed by atoms with Gasteiger partial charge < -0.3 is 4.74 Å². The van der Waals surface area contributed by atoms with E-state index in [0.717, 1.165) is 34.3 Å². The predicted octanol–water partition coefficient (Wildman–Crippen LogP) is 5.77. The molecule has 0 aliphatic carbocycles. The number of thiophene rings is 1. The third kappa shape index (κ3) is 4.27. The van der Waals surface area contributed by atoms with Crippen LogP contribution in [0.25, 0.3) is 22.0 Å². The molecule has 0 radical (unpaired) electrons. The summed E-state index contributed by atoms with van der Waals surface area (Å²) in [6.07, 6.45) is 0. The molecular formula is C25H24N2O2S. The Morgan fingerprint density at radius 2 is 1.77 bits per heavy atom. The van der Waals surface area contributed by atoms with E-state index in [-0.39, 0.29) is 5.97 Å². The first-order valence-electron chi connectivity index (χ1n) is 10.0. The van der Waals surface area contributed by atoms with Crippen LogP contribution in [0, 0.1) is 0 Å². The van der Waals surface area contributed by atoms with Gasteiger partial charge in [0.1, 0.15) is 0 Å². The van der Waals surface area contributed by atoms with Crippen LogP contribution in [0.3, 0.4) is 0 Å². The molecule has 0 saturated carbocycles. The lowest BCUT2D eigenvalue weighted by Gasteiger charge is -2.20. The summed E-state index contributed by atoms with van der Waals surface area (Å²) in [6, 6.07) is 22.2. The van der Waals surface area contributed by atoms with Crippen molar-refractivity contribution in [3.63, 3.8) is 0 Å². The minimum Gasteiger partial charge on any atom is -0.462 e. The van der Waals surface area contributed by atoms with E-state index in [0.29, 0.717) is 18.7 Å². The van der Waals surface area contributed by atoms with Crippen LogP contribution in [-0.4, -0.2) is 29.5 Å². The van der Waals surface area contributed by atoms with Crippen molar-refractivity contribution in [1.29, 1.82) is 0 Å². The first kappa shape index (κ1) is 20.3. The standard InChI is InChI=1S/C25H24N2O2S/c1-3-29-25(28)24-22(17-27(2)16-19-12-9-15-30-19)26-21-14-8-7-13-20(21)23(24)18-10-5-4-6-11-18/h4-15H,3,16-17H2,1-2H3. The number of para-hydroxylation sites is 1. The summed E-state index contributed by atoms with van der Waals surface area (Å²) in [5, 5.41) is 3.03. The zero-order chi connectivity index (χ0) is 20.9. The Morgan fingerprint density at radius 1 is 1.00 bits per heavy atom. The summed E-state index contributed by atoms with van der Waals surface area (Å²) in [7, 11) is 2.05. The average Bonchev–Trinajstić information content (AvgIpc) is 3.26. The van der Waals surface area contributed by atoms with Crippen molar-refractivity contribution in [2.75, 3.05) is 13.7 Å². The van der Waals surface area contributed by atoms with Gasteiger partial charge in [-0.15, -0.1) is 11.3 Å². The molecular weight excluding hydrogens is 392 g/mol. The minimum absolute atomic E-state index is 0.324. The Labute approximate surface area is 180 Å². The van der Waals surface area contributed by atoms with Crippen molar-refractivity contribution in [1.82, 2.24) is 9.88 Å². The second kappa shape index (κ2) is 9.20. The van der Waals surface area contributed by atoms with Gasteiger partial charge in [0.05, 0.1) is 23.4 Å². The van der Waals surface area contributed by atoms with Crippen LogP contribution in [0.4, 0.5) is 0 Å². The van der Waals surface area contributed by atoms with Gasteiger partial charge in [-0.05, 0) is 37.0 Å². The Hall–Kier alpha value is -3.02. The lowest BCUT2D eigenvalue weighted by molar-refractivity contribution is 0.0524. The number of pyridine rings is 1. The number of benzene rings is 2. The van der Waals surface area contributed by atoms with Crippen LogP contribution in [-0.2, 0) is 17.8 Å². The van der Waals surface area contributed by atoms with E-state index < -0.39 is 0 Å². The fraction of sp³-hybridized carbons (Fsp3) is 0.200. The number of nitrogens with zero attached hydrogens (tertiary/aromatic N) is 2. The van der Waals surface area contributed by atoms with Gasteiger partial charge in [0, 0.05) is 28.9 Å². The van der Waals surface area contributed by atoms with E-state index in [1.54, 1.807) is 11.3 Å². The first-order valence-corrected chi connectivity index (χ1v) is 10.9. The molecule has 0 saturated heterocycles. The summed E-state index contributed by atoms with van der Waals surface area (Å²) in [5.74, 6) is -0.325. The second-order valence-corrected chi connectivity index (χ2v) is 8.20. The number of carbonyl (C=O) groups excluding carboxylic acids is 1. The maximum Gasteiger partial charge on any atom is 0.340 e. The zero-order valence-electron chi connectivity index (χ0n) is 17.2. The van der Waals surface area contributed by atoms with Gasteiger partial charge in [-0.1, -0.05) is 54.6 Å². The van der Waals surface area contributed by atoms with Crippen LogP contribution >= 0.6 is 11.3 Å². The number of aromatic nitrogens is 1. The second-order valence-electron chi connectivity index (χ2n) is 7.16. The van der Waals surface area contributed by atoms with Crippen molar-refractivity contribution in [2.45, 2.75) is 20.0 Å². The van der Waals surface area contributed by atoms with E-state index in [9.17, 15) is 4.79 Å². The van der Waals surface area contributed by atoms with Gasteiger partial charge in [0.25, 0.3) is 0 Å². The molecule has 0 unspecified atom stereocenters. The highest BCUT2D eigenvalue weighted by molar-refractivity contribution is 7.09. The number of esters is 1. The molecule has 2 aromatic heterocycles. The maximum absolute atomic E-state index is 13.1. The number of hydrogen-bond acceptors (Lipinski definition) is 5. The molecule has 2 aromatic carbocycles. The summed E-state index contributed by atoms with van der Waals surface area (Å²) in [5.41, 5.74) is 4.05. The Morgan fingerprint density at radius 3 is 2.50 bits per heavy atom. The quantitative estimate of drug-likeness (QED) is 0.359. The maximum atomic E-state index is 13.1. The van der Waals surface area contributed by atoms with E-state index in [4.69, 9.17) is 9.72 Å². The highest BCUT2D eigenvalue weighted by Gasteiger charge is 2.24. The van der Waals surface area contributed by atoms with E-state index in [1.807, 2.05) is 68.6 Å². The minimum atomic E-state index is -0.325. The number of fused-ring (bicyclic) bond motifs is 1. The first-order chi connectivity index (χ1) is 14.7. The van der Waals surface area contributed by atoms with Crippen molar-refractivity contribution in [3.05, 3.63) is 88.2 Å². The molecule has 152 valence electrons.